The second-order valence-electron chi connectivity index (χ2n) is 7.86. The Kier molecular flexibility index (Phi) is 13.9. The Hall–Kier alpha value is -1.67. The lowest BCUT2D eigenvalue weighted by Crippen LogP contribution is -2.29. The van der Waals surface area contributed by atoms with Gasteiger partial charge in [-0.15, -0.1) is 0 Å². The van der Waals surface area contributed by atoms with Crippen LogP contribution in [0.3, 0.4) is 0 Å². The summed E-state index contributed by atoms with van der Waals surface area (Å²) in [5.74, 6) is 5.82. The zero-order valence-electron chi connectivity index (χ0n) is 20.9. The molecule has 0 radical (unpaired) electrons. The van der Waals surface area contributed by atoms with Crippen molar-refractivity contribution >= 4 is 58.8 Å². The van der Waals surface area contributed by atoms with E-state index < -0.39 is 49.6 Å². The Labute approximate surface area is 244 Å². The van der Waals surface area contributed by atoms with Gasteiger partial charge >= 0.3 is 22.1 Å². The molecule has 0 saturated carbocycles. The Morgan fingerprint density at radius 3 is 2.95 bits per heavy atom. The number of nitrogens with zero attached hydrogens (tertiary/aromatic N) is 3. The Morgan fingerprint density at radius 2 is 2.22 bits per heavy atom. The van der Waals surface area contributed by atoms with Gasteiger partial charge in [0.1, 0.15) is 23.2 Å². The number of nitrogens with two attached hydrogens (primary N) is 1. The van der Waals surface area contributed by atoms with Crippen LogP contribution in [-0.4, -0.2) is 71.3 Å². The number of carbonyl (C=O) groups is 1. The zero-order valence-corrected chi connectivity index (χ0v) is 25.4. The minimum Gasteiger partial charge on any atom is -0.390 e. The number of nitrogen functional groups attached to an aromatic ring is 1. The van der Waals surface area contributed by atoms with Gasteiger partial charge in [0.25, 0.3) is 0 Å². The molecule has 3 heterocycles. The molecule has 1 aliphatic heterocycles. The molecule has 5 atom stereocenters. The highest BCUT2D eigenvalue weighted by Crippen LogP contribution is 2.54. The number of aliphatic hydroxyl groups is 1. The summed E-state index contributed by atoms with van der Waals surface area (Å²) < 4.78 is 31.1. The van der Waals surface area contributed by atoms with Crippen LogP contribution in [0.4, 0.5) is 5.82 Å². The van der Waals surface area contributed by atoms with E-state index in [-0.39, 0.29) is 36.9 Å². The van der Waals surface area contributed by atoms with Crippen molar-refractivity contribution in [2.45, 2.75) is 36.3 Å². The largest absolute Gasteiger partial charge is 0.476 e. The Morgan fingerprint density at radius 1 is 1.41 bits per heavy atom. The molecule has 41 heavy (non-hydrogen) atoms. The summed E-state index contributed by atoms with van der Waals surface area (Å²) in [7, 11) is -5.67. The van der Waals surface area contributed by atoms with Crippen molar-refractivity contribution in [3.8, 4) is 11.8 Å². The van der Waals surface area contributed by atoms with Crippen molar-refractivity contribution in [1.29, 1.82) is 0 Å². The van der Waals surface area contributed by atoms with Crippen molar-refractivity contribution in [3.63, 3.8) is 0 Å². The van der Waals surface area contributed by atoms with Crippen LogP contribution in [0.15, 0.2) is 40.4 Å². The Balaban J connectivity index is 1.45. The third-order valence-corrected chi connectivity index (χ3v) is 9.77. The van der Waals surface area contributed by atoms with Gasteiger partial charge in [-0.3, -0.25) is 13.7 Å². The van der Waals surface area contributed by atoms with Crippen LogP contribution >= 0.6 is 47.0 Å². The van der Waals surface area contributed by atoms with E-state index in [4.69, 9.17) is 24.8 Å². The zero-order chi connectivity index (χ0) is 29.8. The SMILES string of the molecule is Nc1nc(=O)n([C@H]2C[C@@H](O)[C@@H](COPOP(O)OP(=O)(O)O)O2)cc1C#CCNC(=O)CCSSc1ccccn1. The number of aliphatic hydroxyl groups excluding tert-OH is 1. The number of aromatic nitrogens is 3. The van der Waals surface area contributed by atoms with Crippen LogP contribution in [-0.2, 0) is 27.2 Å². The summed E-state index contributed by atoms with van der Waals surface area (Å²) in [5, 5.41) is 13.8. The highest BCUT2D eigenvalue weighted by atomic mass is 33.1. The molecule has 3 rings (SSSR count). The number of nitrogens with one attached hydrogen (secondary N) is 1. The molecule has 0 aliphatic carbocycles. The first kappa shape index (κ1) is 33.8. The molecule has 2 aromatic heterocycles. The van der Waals surface area contributed by atoms with Gasteiger partial charge in [-0.25, -0.2) is 18.7 Å². The van der Waals surface area contributed by atoms with Crippen LogP contribution in [0.1, 0.15) is 24.6 Å². The second kappa shape index (κ2) is 16.8. The van der Waals surface area contributed by atoms with Gasteiger partial charge in [0.2, 0.25) is 5.91 Å². The van der Waals surface area contributed by atoms with Crippen LogP contribution in [0.2, 0.25) is 0 Å². The predicted octanol–water partition coefficient (Wildman–Crippen LogP) is 1.04. The van der Waals surface area contributed by atoms with Gasteiger partial charge in [-0.2, -0.15) is 4.98 Å². The molecular weight excluding hydrogens is 643 g/mol. The average Bonchev–Trinajstić information content (AvgIpc) is 3.27. The molecule has 1 fully saturated rings. The number of amides is 1. The molecule has 16 nitrogen and oxygen atoms in total. The van der Waals surface area contributed by atoms with Gasteiger partial charge in [-0.1, -0.05) is 28.7 Å². The minimum atomic E-state index is -4.92. The van der Waals surface area contributed by atoms with Crippen LogP contribution in [0.5, 0.6) is 0 Å². The predicted molar refractivity (Wildman–Crippen MR) is 152 cm³/mol. The van der Waals surface area contributed by atoms with E-state index in [0.717, 1.165) is 9.59 Å². The second-order valence-corrected chi connectivity index (χ2v) is 13.6. The van der Waals surface area contributed by atoms with Crippen molar-refractivity contribution in [2.24, 2.45) is 0 Å². The van der Waals surface area contributed by atoms with Crippen molar-refractivity contribution < 1.29 is 47.0 Å². The quantitative estimate of drug-likeness (QED) is 0.0713. The fourth-order valence-electron chi connectivity index (χ4n) is 3.11. The summed E-state index contributed by atoms with van der Waals surface area (Å²) in [6.07, 6.45) is 0.498. The standard InChI is InChI=1S/C20H26N5O11P3S2/c21-19-13(4-3-8-22-16(27)6-9-40-41-17-5-1-2-7-23-17)11-25(20(28)24-19)18-10-14(26)15(34-18)12-33-37-35-38(29)36-39(30,31)32/h1-2,5,7,11,14-15,18,26,29,37H,6,8-10,12H2,(H,22,27)(H2,21,24,28)(H2,30,31,32)/t14-,15-,18-,38?/m1/s1. The molecule has 2 aromatic rings. The molecule has 21 heteroatoms. The summed E-state index contributed by atoms with van der Waals surface area (Å²) in [5.41, 5.74) is 5.32. The maximum atomic E-state index is 12.4. The van der Waals surface area contributed by atoms with Gasteiger partial charge in [0.05, 0.1) is 24.8 Å². The first-order chi connectivity index (χ1) is 19.5. The van der Waals surface area contributed by atoms with E-state index in [0.29, 0.717) is 12.2 Å². The van der Waals surface area contributed by atoms with Crippen molar-refractivity contribution in [3.05, 3.63) is 46.6 Å². The van der Waals surface area contributed by atoms with E-state index in [1.54, 1.807) is 6.20 Å². The van der Waals surface area contributed by atoms with Crippen molar-refractivity contribution in [1.82, 2.24) is 19.9 Å². The minimum absolute atomic E-state index is 0.0110. The summed E-state index contributed by atoms with van der Waals surface area (Å²) in [4.78, 5) is 58.9. The number of pyridine rings is 1. The number of hydrogen-bond acceptors (Lipinski definition) is 14. The molecule has 1 saturated heterocycles. The highest BCUT2D eigenvalue weighted by molar-refractivity contribution is 8.76. The fourth-order valence-corrected chi connectivity index (χ4v) is 6.83. The van der Waals surface area contributed by atoms with Gasteiger partial charge in [-0.05, 0) is 22.9 Å². The summed E-state index contributed by atoms with van der Waals surface area (Å²) in [6, 6.07) is 5.60. The topological polar surface area (TPSA) is 238 Å². The number of ether oxygens (including phenoxy) is 1. The summed E-state index contributed by atoms with van der Waals surface area (Å²) in [6.45, 7) is -0.176. The number of phosphoric acid groups is 1. The molecular formula is C20H26N5O11P3S2. The van der Waals surface area contributed by atoms with E-state index in [1.165, 1.54) is 27.8 Å². The lowest BCUT2D eigenvalue weighted by molar-refractivity contribution is -0.120. The molecule has 1 aliphatic rings. The van der Waals surface area contributed by atoms with Gasteiger partial charge in [0, 0.05) is 31.0 Å². The maximum Gasteiger partial charge on any atom is 0.476 e. The van der Waals surface area contributed by atoms with E-state index >= 15 is 0 Å². The summed E-state index contributed by atoms with van der Waals surface area (Å²) >= 11 is 0. The number of rotatable bonds is 14. The molecule has 0 spiro atoms. The van der Waals surface area contributed by atoms with Crippen LogP contribution in [0.25, 0.3) is 0 Å². The molecule has 224 valence electrons. The van der Waals surface area contributed by atoms with E-state index in [2.05, 4.69) is 35.7 Å². The first-order valence-electron chi connectivity index (χ1n) is 11.5. The number of anilines is 1. The van der Waals surface area contributed by atoms with Crippen molar-refractivity contribution in [2.75, 3.05) is 24.6 Å². The maximum absolute atomic E-state index is 12.4. The van der Waals surface area contributed by atoms with Crippen LogP contribution in [0, 0.1) is 11.8 Å². The van der Waals surface area contributed by atoms with Gasteiger partial charge in [0.15, 0.2) is 9.03 Å². The molecule has 0 aromatic carbocycles. The molecule has 1 amide bonds. The third-order valence-electron chi connectivity index (χ3n) is 4.89. The lowest BCUT2D eigenvalue weighted by atomic mass is 10.2. The lowest BCUT2D eigenvalue weighted by Gasteiger charge is -2.17. The molecule has 7 N–H and O–H groups in total. The third kappa shape index (κ3) is 12.2. The van der Waals surface area contributed by atoms with E-state index in [9.17, 15) is 24.2 Å². The monoisotopic (exact) mass is 669 g/mol. The highest BCUT2D eigenvalue weighted by Gasteiger charge is 2.36. The first-order valence-corrected chi connectivity index (χ1v) is 17.3. The molecule has 0 bridgehead atoms. The normalized spacial score (nSPS) is 19.7. The molecule has 2 unspecified atom stereocenters. The average molecular weight is 670 g/mol. The number of hydrogen-bond donors (Lipinski definition) is 6. The van der Waals surface area contributed by atoms with Gasteiger partial charge < -0.3 is 40.1 Å². The van der Waals surface area contributed by atoms with E-state index in [1.807, 2.05) is 18.2 Å². The van der Waals surface area contributed by atoms with Crippen LogP contribution < -0.4 is 16.7 Å². The Bertz CT molecular complexity index is 1330. The fraction of sp³-hybridized carbons (Fsp3) is 0.400. The number of carbonyl (C=O) groups excluding carboxylic acids is 1. The smallest absolute Gasteiger partial charge is 0.390 e.